The molecular weight excluding hydrogens is 208 g/mol. The molecule has 2 fully saturated rings. The Hall–Kier alpha value is -1.65. The molecule has 0 N–H and O–H groups in total. The van der Waals surface area contributed by atoms with E-state index in [-0.39, 0.29) is 18.4 Å². The van der Waals surface area contributed by atoms with Gasteiger partial charge in [-0.3, -0.25) is 9.59 Å². The molecule has 0 aromatic carbocycles. The van der Waals surface area contributed by atoms with Crippen LogP contribution in [0.4, 0.5) is 0 Å². The Bertz CT molecular complexity index is 360. The molecule has 1 saturated heterocycles. The summed E-state index contributed by atoms with van der Waals surface area (Å²) in [5.74, 6) is -0.294. The van der Waals surface area contributed by atoms with Gasteiger partial charge in [-0.2, -0.15) is 0 Å². The first-order valence-electron chi connectivity index (χ1n) is 5.33. The lowest BCUT2D eigenvalue weighted by atomic mass is 10.1. The molecule has 0 radical (unpaired) electrons. The fourth-order valence-electron chi connectivity index (χ4n) is 2.24. The van der Waals surface area contributed by atoms with Crippen LogP contribution in [0.3, 0.4) is 0 Å². The molecule has 86 valence electrons. The molecule has 5 nitrogen and oxygen atoms in total. The fourth-order valence-corrected chi connectivity index (χ4v) is 2.24. The zero-order valence-electron chi connectivity index (χ0n) is 9.02. The molecule has 1 heterocycles. The van der Waals surface area contributed by atoms with E-state index in [1.54, 1.807) is 4.90 Å². The van der Waals surface area contributed by atoms with Crippen LogP contribution in [0.25, 0.3) is 0 Å². The summed E-state index contributed by atoms with van der Waals surface area (Å²) < 4.78 is 0. The fraction of sp³-hybridized carbons (Fsp3) is 0.545. The van der Waals surface area contributed by atoms with Crippen LogP contribution in [-0.2, 0) is 14.4 Å². The molecule has 0 unspecified atom stereocenters. The number of nitrogens with zero attached hydrogens (tertiary/aromatic N) is 2. The lowest BCUT2D eigenvalue weighted by molar-refractivity contribution is -0.151. The first kappa shape index (κ1) is 10.9. The van der Waals surface area contributed by atoms with Crippen molar-refractivity contribution in [2.75, 3.05) is 19.6 Å². The van der Waals surface area contributed by atoms with Crippen LogP contribution in [0.5, 0.6) is 0 Å². The van der Waals surface area contributed by atoms with E-state index in [0.29, 0.717) is 25.9 Å². The third-order valence-electron chi connectivity index (χ3n) is 3.25. The predicted molar refractivity (Wildman–Crippen MR) is 56.5 cm³/mol. The molecular formula is C11H14N2O3. The molecule has 0 aromatic heterocycles. The number of rotatable bonds is 3. The van der Waals surface area contributed by atoms with E-state index >= 15 is 0 Å². The zero-order valence-corrected chi connectivity index (χ0v) is 9.02. The van der Waals surface area contributed by atoms with Gasteiger partial charge in [0.05, 0.1) is 6.54 Å². The number of carbonyl (C=O) groups excluding carboxylic acids is 3. The van der Waals surface area contributed by atoms with Crippen molar-refractivity contribution in [3.63, 3.8) is 0 Å². The lowest BCUT2D eigenvalue weighted by Crippen LogP contribution is -2.60. The Labute approximate surface area is 93.7 Å². The molecule has 16 heavy (non-hydrogen) atoms. The monoisotopic (exact) mass is 222 g/mol. The molecule has 1 spiro atoms. The Morgan fingerprint density at radius 1 is 1.44 bits per heavy atom. The summed E-state index contributed by atoms with van der Waals surface area (Å²) in [5, 5.41) is 0. The molecule has 2 rings (SSSR count). The number of aldehydes is 1. The number of carbonyl (C=O) groups is 3. The molecule has 2 aliphatic rings. The van der Waals surface area contributed by atoms with Gasteiger partial charge in [-0.05, 0) is 18.9 Å². The van der Waals surface area contributed by atoms with Gasteiger partial charge in [-0.15, -0.1) is 0 Å². The molecule has 0 bridgehead atoms. The second kappa shape index (κ2) is 3.73. The van der Waals surface area contributed by atoms with E-state index in [1.807, 2.05) is 0 Å². The van der Waals surface area contributed by atoms with Crippen LogP contribution in [-0.4, -0.2) is 53.1 Å². The third kappa shape index (κ3) is 1.43. The second-order valence-electron chi connectivity index (χ2n) is 4.14. The van der Waals surface area contributed by atoms with E-state index < -0.39 is 5.54 Å². The van der Waals surface area contributed by atoms with Crippen molar-refractivity contribution in [1.82, 2.24) is 9.80 Å². The predicted octanol–water partition coefficient (Wildman–Crippen LogP) is -0.425. The quantitative estimate of drug-likeness (QED) is 0.481. The Morgan fingerprint density at radius 3 is 2.62 bits per heavy atom. The van der Waals surface area contributed by atoms with Crippen molar-refractivity contribution in [2.24, 2.45) is 0 Å². The van der Waals surface area contributed by atoms with E-state index in [4.69, 9.17) is 0 Å². The minimum atomic E-state index is -0.660. The average molecular weight is 222 g/mol. The van der Waals surface area contributed by atoms with Gasteiger partial charge in [0.1, 0.15) is 11.8 Å². The van der Waals surface area contributed by atoms with Gasteiger partial charge in [-0.1, -0.05) is 6.58 Å². The van der Waals surface area contributed by atoms with Crippen LogP contribution in [0.15, 0.2) is 12.7 Å². The van der Waals surface area contributed by atoms with Gasteiger partial charge in [0.25, 0.3) is 0 Å². The Balaban J connectivity index is 2.18. The smallest absolute Gasteiger partial charge is 0.249 e. The lowest BCUT2D eigenvalue weighted by Gasteiger charge is -2.40. The molecule has 1 saturated carbocycles. The summed E-state index contributed by atoms with van der Waals surface area (Å²) in [6.07, 6.45) is 3.35. The summed E-state index contributed by atoms with van der Waals surface area (Å²) in [6, 6.07) is 0. The SMILES string of the molecule is C=CC(=O)N1CCN(CC=O)C(=O)C12CC2. The highest BCUT2D eigenvalue weighted by molar-refractivity contribution is 5.98. The summed E-state index contributed by atoms with van der Waals surface area (Å²) >= 11 is 0. The van der Waals surface area contributed by atoms with Crippen molar-refractivity contribution in [3.8, 4) is 0 Å². The normalized spacial score (nSPS) is 22.1. The Kier molecular flexibility index (Phi) is 2.53. The van der Waals surface area contributed by atoms with Gasteiger partial charge >= 0.3 is 0 Å². The van der Waals surface area contributed by atoms with Gasteiger partial charge < -0.3 is 14.6 Å². The largest absolute Gasteiger partial charge is 0.332 e. The first-order chi connectivity index (χ1) is 7.65. The van der Waals surface area contributed by atoms with Crippen molar-refractivity contribution in [3.05, 3.63) is 12.7 Å². The first-order valence-corrected chi connectivity index (χ1v) is 5.33. The zero-order chi connectivity index (χ0) is 11.8. The average Bonchev–Trinajstić information content (AvgIpc) is 3.06. The minimum absolute atomic E-state index is 0.0962. The van der Waals surface area contributed by atoms with Gasteiger partial charge in [0.2, 0.25) is 11.8 Å². The van der Waals surface area contributed by atoms with Crippen molar-refractivity contribution in [1.29, 1.82) is 0 Å². The van der Waals surface area contributed by atoms with Gasteiger partial charge in [0, 0.05) is 13.1 Å². The second-order valence-corrected chi connectivity index (χ2v) is 4.14. The molecule has 5 heteroatoms. The van der Waals surface area contributed by atoms with Crippen LogP contribution >= 0.6 is 0 Å². The standard InChI is InChI=1S/C11H14N2O3/c1-2-9(15)13-6-5-12(7-8-14)10(16)11(13)3-4-11/h2,8H,1,3-7H2. The topological polar surface area (TPSA) is 57.7 Å². The van der Waals surface area contributed by atoms with E-state index in [2.05, 4.69) is 6.58 Å². The minimum Gasteiger partial charge on any atom is -0.332 e. The molecule has 0 atom stereocenters. The highest BCUT2D eigenvalue weighted by Crippen LogP contribution is 2.45. The molecule has 1 aliphatic heterocycles. The molecule has 1 aliphatic carbocycles. The number of piperazine rings is 1. The number of hydrogen-bond acceptors (Lipinski definition) is 3. The van der Waals surface area contributed by atoms with E-state index in [9.17, 15) is 14.4 Å². The summed E-state index contributed by atoms with van der Waals surface area (Å²) in [4.78, 5) is 37.2. The summed E-state index contributed by atoms with van der Waals surface area (Å²) in [5.41, 5.74) is -0.660. The molecule has 2 amide bonds. The van der Waals surface area contributed by atoms with Crippen LogP contribution in [0.2, 0.25) is 0 Å². The maximum absolute atomic E-state index is 12.1. The molecule has 0 aromatic rings. The van der Waals surface area contributed by atoms with Crippen LogP contribution in [0.1, 0.15) is 12.8 Å². The maximum Gasteiger partial charge on any atom is 0.249 e. The van der Waals surface area contributed by atoms with Crippen LogP contribution < -0.4 is 0 Å². The maximum atomic E-state index is 12.1. The number of amides is 2. The summed E-state index contributed by atoms with van der Waals surface area (Å²) in [7, 11) is 0. The van der Waals surface area contributed by atoms with E-state index in [0.717, 1.165) is 6.29 Å². The number of hydrogen-bond donors (Lipinski definition) is 0. The van der Waals surface area contributed by atoms with Crippen molar-refractivity contribution < 1.29 is 14.4 Å². The highest BCUT2D eigenvalue weighted by atomic mass is 16.2. The van der Waals surface area contributed by atoms with E-state index in [1.165, 1.54) is 11.0 Å². The van der Waals surface area contributed by atoms with Crippen molar-refractivity contribution >= 4 is 18.1 Å². The van der Waals surface area contributed by atoms with Crippen molar-refractivity contribution in [2.45, 2.75) is 18.4 Å². The summed E-state index contributed by atoms with van der Waals surface area (Å²) in [6.45, 7) is 4.48. The highest BCUT2D eigenvalue weighted by Gasteiger charge is 2.59. The Morgan fingerprint density at radius 2 is 2.12 bits per heavy atom. The van der Waals surface area contributed by atoms with Gasteiger partial charge in [-0.25, -0.2) is 0 Å². The van der Waals surface area contributed by atoms with Gasteiger partial charge in [0.15, 0.2) is 0 Å². The van der Waals surface area contributed by atoms with Crippen LogP contribution in [0, 0.1) is 0 Å². The third-order valence-corrected chi connectivity index (χ3v) is 3.25.